The summed E-state index contributed by atoms with van der Waals surface area (Å²) in [6, 6.07) is 8.45. The number of guanidine groups is 1. The molecule has 2 rings (SSSR count). The molecule has 0 unspecified atom stereocenters. The van der Waals surface area contributed by atoms with Gasteiger partial charge in [0, 0.05) is 18.8 Å². The standard InChI is InChI=1S/C12H17N3.C2H6/c1-2-10-5-3-6-11(9-10)15-12-13-7-4-8-14-12;1-2/h3,5-6,9H,2,4,7-8H2,1H3,(H2,13,14,15);1-2H3. The van der Waals surface area contributed by atoms with Crippen molar-refractivity contribution in [3.05, 3.63) is 29.8 Å². The van der Waals surface area contributed by atoms with Crippen LogP contribution in [0.1, 0.15) is 32.8 Å². The molecule has 0 aromatic heterocycles. The summed E-state index contributed by atoms with van der Waals surface area (Å²) >= 11 is 0. The lowest BCUT2D eigenvalue weighted by Crippen LogP contribution is -2.35. The minimum absolute atomic E-state index is 0.898. The van der Waals surface area contributed by atoms with Crippen molar-refractivity contribution < 1.29 is 0 Å². The molecule has 0 fully saturated rings. The molecule has 1 aromatic rings. The van der Waals surface area contributed by atoms with Crippen molar-refractivity contribution in [3.8, 4) is 0 Å². The third-order valence-corrected chi connectivity index (χ3v) is 2.50. The van der Waals surface area contributed by atoms with Gasteiger partial charge in [-0.3, -0.25) is 4.99 Å². The number of anilines is 1. The molecule has 3 nitrogen and oxygen atoms in total. The van der Waals surface area contributed by atoms with Crippen LogP contribution < -0.4 is 10.6 Å². The van der Waals surface area contributed by atoms with E-state index in [1.54, 1.807) is 0 Å². The van der Waals surface area contributed by atoms with E-state index < -0.39 is 0 Å². The summed E-state index contributed by atoms with van der Waals surface area (Å²) in [5, 5.41) is 6.54. The van der Waals surface area contributed by atoms with Crippen molar-refractivity contribution >= 4 is 11.6 Å². The average molecular weight is 233 g/mol. The molecule has 1 aromatic carbocycles. The molecule has 3 heteroatoms. The summed E-state index contributed by atoms with van der Waals surface area (Å²) in [6.45, 7) is 8.09. The Morgan fingerprint density at radius 2 is 2.18 bits per heavy atom. The summed E-state index contributed by atoms with van der Waals surface area (Å²) in [5.41, 5.74) is 2.46. The highest BCUT2D eigenvalue weighted by Crippen LogP contribution is 2.11. The van der Waals surface area contributed by atoms with Gasteiger partial charge in [0.15, 0.2) is 5.96 Å². The fourth-order valence-electron chi connectivity index (χ4n) is 1.62. The molecule has 1 aliphatic heterocycles. The van der Waals surface area contributed by atoms with Gasteiger partial charge in [-0.15, -0.1) is 0 Å². The van der Waals surface area contributed by atoms with Crippen LogP contribution >= 0.6 is 0 Å². The van der Waals surface area contributed by atoms with E-state index in [1.165, 1.54) is 5.56 Å². The summed E-state index contributed by atoms with van der Waals surface area (Å²) in [7, 11) is 0. The Labute approximate surface area is 104 Å². The van der Waals surface area contributed by atoms with Crippen LogP contribution in [0.15, 0.2) is 29.3 Å². The summed E-state index contributed by atoms with van der Waals surface area (Å²) in [4.78, 5) is 4.37. The topological polar surface area (TPSA) is 36.4 Å². The van der Waals surface area contributed by atoms with Crippen LogP contribution in [-0.2, 0) is 6.42 Å². The van der Waals surface area contributed by atoms with Gasteiger partial charge in [-0.05, 0) is 30.5 Å². The first-order valence-corrected chi connectivity index (χ1v) is 6.53. The summed E-state index contributed by atoms with van der Waals surface area (Å²) < 4.78 is 0. The van der Waals surface area contributed by atoms with Gasteiger partial charge in [0.1, 0.15) is 0 Å². The SMILES string of the molecule is CC.CCc1cccc(NC2=NCCCN2)c1. The quantitative estimate of drug-likeness (QED) is 0.823. The van der Waals surface area contributed by atoms with Crippen LogP contribution in [0.2, 0.25) is 0 Å². The van der Waals surface area contributed by atoms with Crippen LogP contribution in [0.3, 0.4) is 0 Å². The molecule has 0 saturated heterocycles. The van der Waals surface area contributed by atoms with Crippen LogP contribution in [0.4, 0.5) is 5.69 Å². The molecule has 0 saturated carbocycles. The second-order valence-electron chi connectivity index (χ2n) is 3.69. The van der Waals surface area contributed by atoms with Gasteiger partial charge in [-0.25, -0.2) is 0 Å². The first kappa shape index (κ1) is 13.6. The third-order valence-electron chi connectivity index (χ3n) is 2.50. The number of aryl methyl sites for hydroxylation is 1. The number of nitrogens with zero attached hydrogens (tertiary/aromatic N) is 1. The lowest BCUT2D eigenvalue weighted by molar-refractivity contribution is 0.740. The Balaban J connectivity index is 0.000000686. The fourth-order valence-corrected chi connectivity index (χ4v) is 1.62. The van der Waals surface area contributed by atoms with Crippen LogP contribution in [0, 0.1) is 0 Å². The van der Waals surface area contributed by atoms with Crippen LogP contribution in [0.5, 0.6) is 0 Å². The van der Waals surface area contributed by atoms with E-state index in [4.69, 9.17) is 0 Å². The maximum absolute atomic E-state index is 4.37. The number of rotatable bonds is 2. The van der Waals surface area contributed by atoms with Crippen molar-refractivity contribution in [2.45, 2.75) is 33.6 Å². The molecular weight excluding hydrogens is 210 g/mol. The van der Waals surface area contributed by atoms with E-state index in [0.717, 1.165) is 37.6 Å². The van der Waals surface area contributed by atoms with E-state index in [2.05, 4.69) is 46.8 Å². The molecule has 0 radical (unpaired) electrons. The van der Waals surface area contributed by atoms with E-state index in [9.17, 15) is 0 Å². The molecule has 94 valence electrons. The minimum atomic E-state index is 0.898. The molecule has 0 spiro atoms. The number of nitrogens with one attached hydrogen (secondary N) is 2. The fraction of sp³-hybridized carbons (Fsp3) is 0.500. The minimum Gasteiger partial charge on any atom is -0.356 e. The van der Waals surface area contributed by atoms with Gasteiger partial charge in [-0.1, -0.05) is 32.9 Å². The van der Waals surface area contributed by atoms with Gasteiger partial charge in [0.05, 0.1) is 0 Å². The molecule has 0 aliphatic carbocycles. The van der Waals surface area contributed by atoms with Gasteiger partial charge >= 0.3 is 0 Å². The van der Waals surface area contributed by atoms with Crippen molar-refractivity contribution in [1.29, 1.82) is 0 Å². The lowest BCUT2D eigenvalue weighted by atomic mass is 10.1. The summed E-state index contributed by atoms with van der Waals surface area (Å²) in [5.74, 6) is 0.898. The van der Waals surface area contributed by atoms with Crippen LogP contribution in [-0.4, -0.2) is 19.0 Å². The maximum atomic E-state index is 4.37. The van der Waals surface area contributed by atoms with Crippen molar-refractivity contribution in [1.82, 2.24) is 5.32 Å². The number of hydrogen-bond donors (Lipinski definition) is 2. The van der Waals surface area contributed by atoms with E-state index >= 15 is 0 Å². The average Bonchev–Trinajstić information content (AvgIpc) is 2.42. The monoisotopic (exact) mass is 233 g/mol. The van der Waals surface area contributed by atoms with Crippen molar-refractivity contribution in [2.75, 3.05) is 18.4 Å². The van der Waals surface area contributed by atoms with Gasteiger partial charge in [0.25, 0.3) is 0 Å². The summed E-state index contributed by atoms with van der Waals surface area (Å²) in [6.07, 6.45) is 2.19. The highest BCUT2D eigenvalue weighted by molar-refractivity contribution is 5.93. The zero-order valence-electron chi connectivity index (χ0n) is 11.1. The second-order valence-corrected chi connectivity index (χ2v) is 3.69. The van der Waals surface area contributed by atoms with E-state index in [1.807, 2.05) is 13.8 Å². The molecule has 2 N–H and O–H groups in total. The zero-order chi connectivity index (χ0) is 12.5. The Morgan fingerprint density at radius 1 is 1.35 bits per heavy atom. The Hall–Kier alpha value is -1.51. The van der Waals surface area contributed by atoms with Gasteiger partial charge in [-0.2, -0.15) is 0 Å². The highest BCUT2D eigenvalue weighted by Gasteiger charge is 2.03. The van der Waals surface area contributed by atoms with Crippen LogP contribution in [0.25, 0.3) is 0 Å². The van der Waals surface area contributed by atoms with Crippen molar-refractivity contribution in [2.24, 2.45) is 4.99 Å². The maximum Gasteiger partial charge on any atom is 0.195 e. The molecule has 1 aliphatic rings. The lowest BCUT2D eigenvalue weighted by Gasteiger charge is -2.16. The predicted molar refractivity (Wildman–Crippen MR) is 75.7 cm³/mol. The number of aliphatic imine (C=N–C) groups is 1. The zero-order valence-corrected chi connectivity index (χ0v) is 11.1. The first-order chi connectivity index (χ1) is 8.38. The third kappa shape index (κ3) is 4.47. The normalized spacial score (nSPS) is 13.9. The number of hydrogen-bond acceptors (Lipinski definition) is 3. The van der Waals surface area contributed by atoms with Gasteiger partial charge in [0.2, 0.25) is 0 Å². The molecule has 0 amide bonds. The smallest absolute Gasteiger partial charge is 0.195 e. The highest BCUT2D eigenvalue weighted by atomic mass is 15.2. The predicted octanol–water partition coefficient (Wildman–Crippen LogP) is 3.04. The molecular formula is C14H23N3. The van der Waals surface area contributed by atoms with E-state index in [-0.39, 0.29) is 0 Å². The molecule has 17 heavy (non-hydrogen) atoms. The molecule has 0 bridgehead atoms. The molecule has 0 atom stereocenters. The second kappa shape index (κ2) is 7.71. The largest absolute Gasteiger partial charge is 0.356 e. The Bertz CT molecular complexity index is 358. The number of benzene rings is 1. The van der Waals surface area contributed by atoms with Crippen molar-refractivity contribution in [3.63, 3.8) is 0 Å². The van der Waals surface area contributed by atoms with E-state index in [0.29, 0.717) is 0 Å². The Kier molecular flexibility index (Phi) is 6.15. The molecule has 1 heterocycles. The van der Waals surface area contributed by atoms with Gasteiger partial charge < -0.3 is 10.6 Å². The first-order valence-electron chi connectivity index (χ1n) is 6.53. The Morgan fingerprint density at radius 3 is 2.82 bits per heavy atom.